The van der Waals surface area contributed by atoms with E-state index < -0.39 is 47.5 Å². The normalized spacial score (nSPS) is 30.3. The Bertz CT molecular complexity index is 1680. The fraction of sp³-hybridized carbons (Fsp3) is 0.488. The molecule has 2 aromatic rings. The number of methoxy groups -OCH3 is 1. The Kier molecular flexibility index (Phi) is 15.9. The number of esters is 1. The number of thiazole rings is 2. The number of hydrogen-bond donors (Lipinski definition) is 4. The van der Waals surface area contributed by atoms with Crippen molar-refractivity contribution >= 4 is 34.7 Å². The molecule has 2 aromatic heterocycles. The van der Waals surface area contributed by atoms with Crippen LogP contribution in [0.4, 0.5) is 0 Å². The van der Waals surface area contributed by atoms with Crippen LogP contribution in [0, 0.1) is 10.8 Å². The molecule has 0 saturated carbocycles. The average Bonchev–Trinajstić information content (AvgIpc) is 3.44. The predicted octanol–water partition coefficient (Wildman–Crippen LogP) is 7.06. The molecule has 2 aliphatic rings. The molecule has 12 heteroatoms. The summed E-state index contributed by atoms with van der Waals surface area (Å²) in [5, 5.41) is 40.8. The molecule has 10 nitrogen and oxygen atoms in total. The number of rotatable bonds is 6. The lowest BCUT2D eigenvalue weighted by molar-refractivity contribution is -0.186. The van der Waals surface area contributed by atoms with Gasteiger partial charge in [0.25, 0.3) is 0 Å². The summed E-state index contributed by atoms with van der Waals surface area (Å²) in [6, 6.07) is 0.283. The first-order valence-corrected chi connectivity index (χ1v) is 19.8. The van der Waals surface area contributed by atoms with E-state index in [2.05, 4.69) is 27.4 Å². The van der Waals surface area contributed by atoms with E-state index in [1.165, 1.54) is 22.7 Å². The van der Waals surface area contributed by atoms with E-state index in [0.717, 1.165) is 10.0 Å². The Balaban J connectivity index is 1.56. The SMILES string of the molecule is C/C=C/[C@H](O)C(C)(C)[C@@H]1C/C=C\[C@H]2N[C@H]2/C=C/C=C\c2nc(cs2)C(O)O[C@H](C(C)(C)[C@H](C)O)C\C=C/C=C\C=C\[C@H](OC)Cc2nc(cs2)C(=O)O1. The van der Waals surface area contributed by atoms with Crippen LogP contribution in [0.3, 0.4) is 0 Å². The molecule has 0 radical (unpaired) electrons. The summed E-state index contributed by atoms with van der Waals surface area (Å²) >= 11 is 2.78. The second kappa shape index (κ2) is 19.8. The number of hydrogen-bond acceptors (Lipinski definition) is 12. The van der Waals surface area contributed by atoms with Crippen molar-refractivity contribution in [1.82, 2.24) is 15.3 Å². The fourth-order valence-corrected chi connectivity index (χ4v) is 7.05. The van der Waals surface area contributed by atoms with Crippen LogP contribution in [-0.4, -0.2) is 81.0 Å². The topological polar surface area (TPSA) is 153 Å². The van der Waals surface area contributed by atoms with Crippen molar-refractivity contribution in [1.29, 1.82) is 0 Å². The van der Waals surface area contributed by atoms with E-state index >= 15 is 0 Å². The van der Waals surface area contributed by atoms with Gasteiger partial charge in [0.05, 0.1) is 29.4 Å². The van der Waals surface area contributed by atoms with E-state index in [-0.39, 0.29) is 23.9 Å². The molecule has 8 atom stereocenters. The van der Waals surface area contributed by atoms with Gasteiger partial charge in [-0.25, -0.2) is 14.8 Å². The van der Waals surface area contributed by atoms with E-state index in [1.807, 2.05) is 95.4 Å². The molecule has 2 aliphatic heterocycles. The van der Waals surface area contributed by atoms with Crippen molar-refractivity contribution in [2.75, 3.05) is 7.11 Å². The number of carbonyl (C=O) groups excluding carboxylic acids is 1. The molecule has 0 aromatic carbocycles. The van der Waals surface area contributed by atoms with Crippen LogP contribution in [0.15, 0.2) is 89.7 Å². The molecular formula is C41H55N3O7S2. The van der Waals surface area contributed by atoms with Gasteiger partial charge in [0, 0.05) is 53.6 Å². The number of aliphatic hydroxyl groups excluding tert-OH is 3. The predicted molar refractivity (Wildman–Crippen MR) is 213 cm³/mol. The van der Waals surface area contributed by atoms with Crippen LogP contribution in [0.5, 0.6) is 0 Å². The zero-order chi connectivity index (χ0) is 38.6. The first-order chi connectivity index (χ1) is 25.3. The van der Waals surface area contributed by atoms with Crippen LogP contribution >= 0.6 is 22.7 Å². The highest BCUT2D eigenvalue weighted by Crippen LogP contribution is 2.35. The largest absolute Gasteiger partial charge is 0.457 e. The van der Waals surface area contributed by atoms with E-state index in [4.69, 9.17) is 14.2 Å². The molecule has 0 aliphatic carbocycles. The highest BCUT2D eigenvalue weighted by Gasteiger charge is 2.39. The van der Waals surface area contributed by atoms with Gasteiger partial charge in [-0.1, -0.05) is 107 Å². The van der Waals surface area contributed by atoms with Crippen molar-refractivity contribution < 1.29 is 34.3 Å². The van der Waals surface area contributed by atoms with Gasteiger partial charge in [-0.15, -0.1) is 22.7 Å². The zero-order valence-corrected chi connectivity index (χ0v) is 33.3. The summed E-state index contributed by atoms with van der Waals surface area (Å²) in [6.45, 7) is 11.2. The van der Waals surface area contributed by atoms with Gasteiger partial charge in [0.2, 0.25) is 0 Å². The number of nitrogens with zero attached hydrogens (tertiary/aromatic N) is 2. The summed E-state index contributed by atoms with van der Waals surface area (Å²) in [7, 11) is 1.63. The van der Waals surface area contributed by atoms with Gasteiger partial charge in [0.15, 0.2) is 12.0 Å². The number of fused-ring (bicyclic) bond motifs is 5. The third kappa shape index (κ3) is 12.3. The highest BCUT2D eigenvalue weighted by molar-refractivity contribution is 7.10. The summed E-state index contributed by atoms with van der Waals surface area (Å²) in [5.74, 6) is -0.533. The minimum Gasteiger partial charge on any atom is -0.457 e. The quantitative estimate of drug-likeness (QED) is 0.137. The molecule has 4 heterocycles. The fourth-order valence-electron chi connectivity index (χ4n) is 5.52. The summed E-state index contributed by atoms with van der Waals surface area (Å²) < 4.78 is 17.8. The lowest BCUT2D eigenvalue weighted by Crippen LogP contribution is -2.42. The van der Waals surface area contributed by atoms with Gasteiger partial charge < -0.3 is 34.8 Å². The lowest BCUT2D eigenvalue weighted by Gasteiger charge is -2.37. The van der Waals surface area contributed by atoms with Crippen LogP contribution in [-0.2, 0) is 20.6 Å². The molecule has 1 saturated heterocycles. The number of nitrogens with one attached hydrogen (secondary N) is 1. The number of ether oxygens (including phenoxy) is 3. The van der Waals surface area contributed by atoms with E-state index in [0.29, 0.717) is 25.0 Å². The molecule has 0 spiro atoms. The minimum absolute atomic E-state index is 0.131. The van der Waals surface area contributed by atoms with Crippen molar-refractivity contribution in [3.63, 3.8) is 0 Å². The Labute approximate surface area is 322 Å². The van der Waals surface area contributed by atoms with Crippen LogP contribution < -0.4 is 5.32 Å². The second-order valence-corrected chi connectivity index (χ2v) is 16.3. The van der Waals surface area contributed by atoms with Crippen molar-refractivity contribution in [3.8, 4) is 0 Å². The maximum absolute atomic E-state index is 13.4. The van der Waals surface area contributed by atoms with E-state index in [1.54, 1.807) is 36.9 Å². The highest BCUT2D eigenvalue weighted by atomic mass is 32.1. The smallest absolute Gasteiger partial charge is 0.358 e. The van der Waals surface area contributed by atoms with Crippen molar-refractivity contribution in [3.05, 3.63) is 111 Å². The number of allylic oxidation sites excluding steroid dienone is 7. The first-order valence-electron chi connectivity index (χ1n) is 18.0. The zero-order valence-electron chi connectivity index (χ0n) is 31.7. The minimum atomic E-state index is -1.25. The molecular weight excluding hydrogens is 711 g/mol. The molecule has 4 rings (SSSR count). The number of aromatic nitrogens is 2. The van der Waals surface area contributed by atoms with Gasteiger partial charge in [-0.3, -0.25) is 0 Å². The van der Waals surface area contributed by atoms with Crippen LogP contribution in [0.1, 0.15) is 86.9 Å². The van der Waals surface area contributed by atoms with Gasteiger partial charge in [0.1, 0.15) is 16.8 Å². The van der Waals surface area contributed by atoms with Gasteiger partial charge >= 0.3 is 5.97 Å². The third-order valence-corrected chi connectivity index (χ3v) is 11.5. The monoisotopic (exact) mass is 765 g/mol. The number of aliphatic hydroxyl groups is 3. The lowest BCUT2D eigenvalue weighted by atomic mass is 9.79. The van der Waals surface area contributed by atoms with Crippen molar-refractivity contribution in [2.24, 2.45) is 10.8 Å². The molecule has 4 bridgehead atoms. The molecule has 288 valence electrons. The summed E-state index contributed by atoms with van der Waals surface area (Å²) in [6.07, 6.45) is 24.0. The standard InChI is InChI=1S/C41H55N3O7S2/c1-8-17-33(46)41(5,6)35-22-16-20-30-29(42-30)19-14-15-23-36-43-31(25-52-36)38(47)50-34(40(3,4)27(2)45)21-13-11-9-10-12-18-28(49-7)24-37-44-32(26-53-37)39(48)51-35/h8-20,23,25-30,33-35,38,42,45-47H,21-22,24H2,1-7H3/b10-9-,13-11-,17-8+,18-12+,19-14+,20-16-,23-15-/t27-,28-,29-,30+,33-,34-,35-,38?/m0/s1. The van der Waals surface area contributed by atoms with Gasteiger partial charge in [-0.05, 0) is 26.3 Å². The van der Waals surface area contributed by atoms with Crippen LogP contribution in [0.25, 0.3) is 6.08 Å². The van der Waals surface area contributed by atoms with Crippen LogP contribution in [0.2, 0.25) is 0 Å². The Morgan fingerprint density at radius 3 is 2.38 bits per heavy atom. The maximum atomic E-state index is 13.4. The summed E-state index contributed by atoms with van der Waals surface area (Å²) in [5.41, 5.74) is -0.775. The Hall–Kier alpha value is -3.33. The number of carbonyl (C=O) groups is 1. The molecule has 4 N–H and O–H groups in total. The third-order valence-electron chi connectivity index (χ3n) is 9.82. The molecule has 53 heavy (non-hydrogen) atoms. The first kappa shape index (κ1) is 42.4. The second-order valence-electron chi connectivity index (χ2n) is 14.4. The maximum Gasteiger partial charge on any atom is 0.358 e. The molecule has 1 fully saturated rings. The summed E-state index contributed by atoms with van der Waals surface area (Å²) in [4.78, 5) is 22.5. The Morgan fingerprint density at radius 2 is 1.64 bits per heavy atom. The molecule has 1 unspecified atom stereocenters. The Morgan fingerprint density at radius 1 is 0.925 bits per heavy atom. The molecule has 0 amide bonds. The number of cyclic esters (lactones) is 1. The van der Waals surface area contributed by atoms with Crippen molar-refractivity contribution in [2.45, 2.75) is 110 Å². The average molecular weight is 766 g/mol. The van der Waals surface area contributed by atoms with E-state index in [9.17, 15) is 20.1 Å². The van der Waals surface area contributed by atoms with Gasteiger partial charge in [-0.2, -0.15) is 0 Å².